The van der Waals surface area contributed by atoms with E-state index in [0.717, 1.165) is 13.0 Å². The third-order valence-corrected chi connectivity index (χ3v) is 3.62. The topological polar surface area (TPSA) is 55.6 Å². The first-order valence-corrected chi connectivity index (χ1v) is 6.30. The van der Waals surface area contributed by atoms with E-state index in [9.17, 15) is 4.79 Å². The number of amides is 1. The van der Waals surface area contributed by atoms with Crippen molar-refractivity contribution in [2.75, 3.05) is 20.2 Å². The number of hydrogen-bond acceptors (Lipinski definition) is 3. The van der Waals surface area contributed by atoms with Crippen LogP contribution in [0.3, 0.4) is 0 Å². The second kappa shape index (κ2) is 5.40. The maximum atomic E-state index is 12.3. The lowest BCUT2D eigenvalue weighted by atomic mass is 9.94. The van der Waals surface area contributed by atoms with Crippen LogP contribution in [0.25, 0.3) is 0 Å². The number of carbonyl (C=O) groups excluding carboxylic acids is 1. The second-order valence-corrected chi connectivity index (χ2v) is 4.91. The fraction of sp³-hybridized carbons (Fsp3) is 0.500. The van der Waals surface area contributed by atoms with Crippen LogP contribution in [-0.2, 0) is 0 Å². The summed E-state index contributed by atoms with van der Waals surface area (Å²) in [6.07, 6.45) is 0.969. The second-order valence-electron chi connectivity index (χ2n) is 4.91. The number of nitrogens with zero attached hydrogens (tertiary/aromatic N) is 1. The minimum atomic E-state index is 0.0382. The van der Waals surface area contributed by atoms with Gasteiger partial charge >= 0.3 is 0 Å². The third kappa shape index (κ3) is 2.64. The fourth-order valence-electron chi connectivity index (χ4n) is 2.22. The average molecular weight is 248 g/mol. The molecular formula is C14H20N2O2. The van der Waals surface area contributed by atoms with Gasteiger partial charge in [0.05, 0.1) is 7.11 Å². The molecule has 98 valence electrons. The van der Waals surface area contributed by atoms with E-state index in [1.54, 1.807) is 13.2 Å². The molecule has 1 aromatic carbocycles. The number of carbonyl (C=O) groups is 1. The monoisotopic (exact) mass is 248 g/mol. The number of benzene rings is 1. The largest absolute Gasteiger partial charge is 0.497 e. The molecule has 0 radical (unpaired) electrons. The molecule has 1 amide bonds. The summed E-state index contributed by atoms with van der Waals surface area (Å²) < 4.78 is 5.14. The highest BCUT2D eigenvalue weighted by atomic mass is 16.5. The fourth-order valence-corrected chi connectivity index (χ4v) is 2.22. The van der Waals surface area contributed by atoms with Crippen molar-refractivity contribution in [3.05, 3.63) is 29.8 Å². The number of ether oxygens (including phenoxy) is 1. The number of likely N-dealkylation sites (tertiary alicyclic amines) is 1. The van der Waals surface area contributed by atoms with Gasteiger partial charge in [-0.1, -0.05) is 13.0 Å². The molecule has 18 heavy (non-hydrogen) atoms. The predicted molar refractivity (Wildman–Crippen MR) is 70.7 cm³/mol. The number of methoxy groups -OCH3 is 1. The van der Waals surface area contributed by atoms with Gasteiger partial charge in [-0.2, -0.15) is 0 Å². The van der Waals surface area contributed by atoms with E-state index >= 15 is 0 Å². The van der Waals surface area contributed by atoms with Crippen LogP contribution in [0.4, 0.5) is 0 Å². The molecule has 1 aliphatic heterocycles. The highest BCUT2D eigenvalue weighted by molar-refractivity contribution is 5.94. The van der Waals surface area contributed by atoms with Crippen molar-refractivity contribution >= 4 is 5.91 Å². The first kappa shape index (κ1) is 12.9. The molecule has 0 spiro atoms. The summed E-state index contributed by atoms with van der Waals surface area (Å²) in [5.74, 6) is 1.23. The number of nitrogens with two attached hydrogens (primary N) is 1. The van der Waals surface area contributed by atoms with Crippen LogP contribution in [0.2, 0.25) is 0 Å². The number of rotatable bonds is 2. The van der Waals surface area contributed by atoms with Crippen molar-refractivity contribution in [1.29, 1.82) is 0 Å². The van der Waals surface area contributed by atoms with Crippen LogP contribution in [0.5, 0.6) is 5.75 Å². The molecule has 1 heterocycles. The lowest BCUT2D eigenvalue weighted by Gasteiger charge is -2.35. The molecule has 2 unspecified atom stereocenters. The van der Waals surface area contributed by atoms with E-state index in [1.807, 2.05) is 23.1 Å². The van der Waals surface area contributed by atoms with E-state index in [1.165, 1.54) is 0 Å². The Hall–Kier alpha value is -1.55. The summed E-state index contributed by atoms with van der Waals surface area (Å²) in [6.45, 7) is 3.56. The van der Waals surface area contributed by atoms with Gasteiger partial charge in [0.15, 0.2) is 0 Å². The van der Waals surface area contributed by atoms with E-state index in [0.29, 0.717) is 23.8 Å². The summed E-state index contributed by atoms with van der Waals surface area (Å²) >= 11 is 0. The lowest BCUT2D eigenvalue weighted by Crippen LogP contribution is -2.49. The summed E-state index contributed by atoms with van der Waals surface area (Å²) in [5, 5.41) is 0. The van der Waals surface area contributed by atoms with E-state index < -0.39 is 0 Å². The zero-order valence-corrected chi connectivity index (χ0v) is 10.9. The molecule has 1 fully saturated rings. The SMILES string of the molecule is COc1cccc(C(=O)N2CCC(C)C(N)C2)c1. The molecule has 4 nitrogen and oxygen atoms in total. The summed E-state index contributed by atoms with van der Waals surface area (Å²) in [4.78, 5) is 14.2. The van der Waals surface area contributed by atoms with E-state index in [-0.39, 0.29) is 11.9 Å². The Balaban J connectivity index is 2.11. The Bertz CT molecular complexity index is 434. The summed E-state index contributed by atoms with van der Waals surface area (Å²) in [5.41, 5.74) is 6.69. The summed E-state index contributed by atoms with van der Waals surface area (Å²) in [7, 11) is 1.60. The maximum Gasteiger partial charge on any atom is 0.254 e. The van der Waals surface area contributed by atoms with Gasteiger partial charge in [0.2, 0.25) is 0 Å². The minimum Gasteiger partial charge on any atom is -0.497 e. The van der Waals surface area contributed by atoms with Crippen LogP contribution in [0, 0.1) is 5.92 Å². The normalized spacial score (nSPS) is 23.8. The number of hydrogen-bond donors (Lipinski definition) is 1. The van der Waals surface area contributed by atoms with Crippen LogP contribution < -0.4 is 10.5 Å². The zero-order chi connectivity index (χ0) is 13.1. The Labute approximate surface area is 108 Å². The maximum absolute atomic E-state index is 12.3. The Kier molecular flexibility index (Phi) is 3.87. The van der Waals surface area contributed by atoms with Crippen LogP contribution >= 0.6 is 0 Å². The molecule has 1 aromatic rings. The summed E-state index contributed by atoms with van der Waals surface area (Å²) in [6, 6.07) is 7.33. The van der Waals surface area contributed by atoms with Gasteiger partial charge in [-0.05, 0) is 30.5 Å². The van der Waals surface area contributed by atoms with Gasteiger partial charge in [0.25, 0.3) is 5.91 Å². The molecule has 0 bridgehead atoms. The quantitative estimate of drug-likeness (QED) is 0.863. The molecule has 0 saturated carbocycles. The Morgan fingerprint density at radius 2 is 2.28 bits per heavy atom. The minimum absolute atomic E-state index is 0.0382. The molecule has 0 aromatic heterocycles. The van der Waals surface area contributed by atoms with Crippen molar-refractivity contribution in [2.24, 2.45) is 11.7 Å². The van der Waals surface area contributed by atoms with Gasteiger partial charge < -0.3 is 15.4 Å². The van der Waals surface area contributed by atoms with Gasteiger partial charge in [0.1, 0.15) is 5.75 Å². The lowest BCUT2D eigenvalue weighted by molar-refractivity contribution is 0.0672. The molecule has 1 aliphatic rings. The van der Waals surface area contributed by atoms with Crippen molar-refractivity contribution in [3.8, 4) is 5.75 Å². The third-order valence-electron chi connectivity index (χ3n) is 3.62. The van der Waals surface area contributed by atoms with Crippen molar-refractivity contribution in [1.82, 2.24) is 4.90 Å². The van der Waals surface area contributed by atoms with Crippen molar-refractivity contribution < 1.29 is 9.53 Å². The zero-order valence-electron chi connectivity index (χ0n) is 10.9. The van der Waals surface area contributed by atoms with Crippen molar-refractivity contribution in [3.63, 3.8) is 0 Å². The van der Waals surface area contributed by atoms with Crippen LogP contribution in [0.15, 0.2) is 24.3 Å². The van der Waals surface area contributed by atoms with Crippen LogP contribution in [0.1, 0.15) is 23.7 Å². The number of piperidine rings is 1. The standard InChI is InChI=1S/C14H20N2O2/c1-10-6-7-16(9-13(10)15)14(17)11-4-3-5-12(8-11)18-2/h3-5,8,10,13H,6-7,9,15H2,1-2H3. The van der Waals surface area contributed by atoms with E-state index in [2.05, 4.69) is 6.92 Å². The molecule has 2 N–H and O–H groups in total. The molecule has 2 atom stereocenters. The molecule has 0 aliphatic carbocycles. The molecular weight excluding hydrogens is 228 g/mol. The van der Waals surface area contributed by atoms with E-state index in [4.69, 9.17) is 10.5 Å². The van der Waals surface area contributed by atoms with Gasteiger partial charge in [-0.15, -0.1) is 0 Å². The molecule has 4 heteroatoms. The smallest absolute Gasteiger partial charge is 0.254 e. The average Bonchev–Trinajstić information content (AvgIpc) is 2.41. The van der Waals surface area contributed by atoms with Gasteiger partial charge in [-0.25, -0.2) is 0 Å². The van der Waals surface area contributed by atoms with Gasteiger partial charge in [-0.3, -0.25) is 4.79 Å². The first-order chi connectivity index (χ1) is 8.61. The Morgan fingerprint density at radius 1 is 1.50 bits per heavy atom. The Morgan fingerprint density at radius 3 is 2.94 bits per heavy atom. The predicted octanol–water partition coefficient (Wildman–Crippen LogP) is 1.50. The highest BCUT2D eigenvalue weighted by Crippen LogP contribution is 2.19. The highest BCUT2D eigenvalue weighted by Gasteiger charge is 2.26. The molecule has 1 saturated heterocycles. The first-order valence-electron chi connectivity index (χ1n) is 6.30. The van der Waals surface area contributed by atoms with Gasteiger partial charge in [0, 0.05) is 24.7 Å². The van der Waals surface area contributed by atoms with Crippen LogP contribution in [-0.4, -0.2) is 37.0 Å². The van der Waals surface area contributed by atoms with Crippen molar-refractivity contribution in [2.45, 2.75) is 19.4 Å². The molecule has 2 rings (SSSR count).